The summed E-state index contributed by atoms with van der Waals surface area (Å²) in [4.78, 5) is 22.5. The first-order chi connectivity index (χ1) is 9.81. The van der Waals surface area contributed by atoms with Crippen molar-refractivity contribution >= 4 is 22.0 Å². The van der Waals surface area contributed by atoms with Gasteiger partial charge in [-0.05, 0) is 38.0 Å². The molecule has 0 amide bonds. The summed E-state index contributed by atoms with van der Waals surface area (Å²) in [5, 5.41) is 8.89. The Hall–Kier alpha value is -1.93. The van der Waals surface area contributed by atoms with Crippen molar-refractivity contribution in [3.63, 3.8) is 0 Å². The highest BCUT2D eigenvalue weighted by Gasteiger charge is 2.54. The van der Waals surface area contributed by atoms with Gasteiger partial charge in [-0.25, -0.2) is 13.2 Å². The molecule has 0 aromatic heterocycles. The number of carboxylic acids is 1. The van der Waals surface area contributed by atoms with E-state index in [9.17, 15) is 18.0 Å². The van der Waals surface area contributed by atoms with E-state index in [-0.39, 0.29) is 17.1 Å². The van der Waals surface area contributed by atoms with Gasteiger partial charge < -0.3 is 9.84 Å². The zero-order chi connectivity index (χ0) is 15.7. The molecule has 0 unspecified atom stereocenters. The van der Waals surface area contributed by atoms with Crippen molar-refractivity contribution in [1.29, 1.82) is 0 Å². The number of hydrogen-bond donors (Lipinski definition) is 2. The summed E-state index contributed by atoms with van der Waals surface area (Å²) >= 11 is 0. The molecule has 8 heteroatoms. The highest BCUT2D eigenvalue weighted by atomic mass is 32.2. The molecule has 0 heterocycles. The number of carboxylic acid groups (broad SMARTS) is 1. The molecule has 1 aliphatic rings. The van der Waals surface area contributed by atoms with Gasteiger partial charge >= 0.3 is 11.9 Å². The zero-order valence-electron chi connectivity index (χ0n) is 11.3. The zero-order valence-corrected chi connectivity index (χ0v) is 12.1. The lowest BCUT2D eigenvalue weighted by atomic mass is 10.2. The molecule has 1 fully saturated rings. The Balaban J connectivity index is 2.25. The topological polar surface area (TPSA) is 110 Å². The number of carbonyl (C=O) groups excluding carboxylic acids is 1. The molecule has 114 valence electrons. The van der Waals surface area contributed by atoms with Crippen molar-refractivity contribution in [1.82, 2.24) is 4.72 Å². The Morgan fingerprint density at radius 2 is 2.05 bits per heavy atom. The number of nitrogens with one attached hydrogen (secondary N) is 1. The van der Waals surface area contributed by atoms with E-state index in [4.69, 9.17) is 9.84 Å². The monoisotopic (exact) mass is 313 g/mol. The number of carbonyl (C=O) groups is 2. The first-order valence-corrected chi connectivity index (χ1v) is 7.83. The Labute approximate surface area is 122 Å². The first-order valence-electron chi connectivity index (χ1n) is 6.35. The highest BCUT2D eigenvalue weighted by molar-refractivity contribution is 7.89. The number of sulfonamides is 1. The maximum Gasteiger partial charge on any atom is 0.335 e. The van der Waals surface area contributed by atoms with Gasteiger partial charge in [0.15, 0.2) is 0 Å². The average Bonchev–Trinajstić information content (AvgIpc) is 3.19. The maximum atomic E-state index is 12.3. The molecule has 0 atom stereocenters. The lowest BCUT2D eigenvalue weighted by Crippen LogP contribution is -2.44. The maximum absolute atomic E-state index is 12.3. The highest BCUT2D eigenvalue weighted by Crippen LogP contribution is 2.38. The summed E-state index contributed by atoms with van der Waals surface area (Å²) in [6, 6.07) is 4.95. The fraction of sp³-hybridized carbons (Fsp3) is 0.385. The predicted molar refractivity (Wildman–Crippen MR) is 72.3 cm³/mol. The number of rotatable bonds is 6. The number of esters is 1. The predicted octanol–water partition coefficient (Wildman–Crippen LogP) is 0.759. The number of benzene rings is 1. The molecule has 0 bridgehead atoms. The van der Waals surface area contributed by atoms with Gasteiger partial charge in [0, 0.05) is 0 Å². The summed E-state index contributed by atoms with van der Waals surface area (Å²) in [6.07, 6.45) is 0.730. The Bertz CT molecular complexity index is 678. The van der Waals surface area contributed by atoms with Crippen LogP contribution < -0.4 is 4.72 Å². The molecule has 1 saturated carbocycles. The van der Waals surface area contributed by atoms with Crippen LogP contribution in [0, 0.1) is 0 Å². The van der Waals surface area contributed by atoms with Crippen LogP contribution in [-0.4, -0.2) is 37.6 Å². The van der Waals surface area contributed by atoms with Crippen molar-refractivity contribution in [3.8, 4) is 0 Å². The van der Waals surface area contributed by atoms with Gasteiger partial charge in [-0.2, -0.15) is 4.72 Å². The van der Waals surface area contributed by atoms with E-state index in [1.807, 2.05) is 0 Å². The molecule has 0 aliphatic heterocycles. The summed E-state index contributed by atoms with van der Waals surface area (Å²) in [5.41, 5.74) is -1.35. The second kappa shape index (κ2) is 5.45. The van der Waals surface area contributed by atoms with Crippen molar-refractivity contribution in [2.75, 3.05) is 6.61 Å². The van der Waals surface area contributed by atoms with Crippen molar-refractivity contribution < 1.29 is 27.9 Å². The summed E-state index contributed by atoms with van der Waals surface area (Å²) in [6.45, 7) is 1.80. The standard InChI is InChI=1S/C13H15NO6S/c1-2-20-12(17)13(6-7-13)14-21(18,19)10-5-3-4-9(8-10)11(15)16/h3-5,8,14H,2,6-7H2,1H3,(H,15,16). The molecule has 0 radical (unpaired) electrons. The van der Waals surface area contributed by atoms with Gasteiger partial charge in [-0.3, -0.25) is 4.79 Å². The van der Waals surface area contributed by atoms with Crippen molar-refractivity contribution in [2.24, 2.45) is 0 Å². The third-order valence-corrected chi connectivity index (χ3v) is 4.67. The molecule has 7 nitrogen and oxygen atoms in total. The van der Waals surface area contributed by atoms with Gasteiger partial charge in [-0.15, -0.1) is 0 Å². The third kappa shape index (κ3) is 3.22. The van der Waals surface area contributed by atoms with Crippen LogP contribution in [0.25, 0.3) is 0 Å². The smallest absolute Gasteiger partial charge is 0.335 e. The molecule has 21 heavy (non-hydrogen) atoms. The van der Waals surface area contributed by atoms with Crippen LogP contribution in [0.4, 0.5) is 0 Å². The second-order valence-corrected chi connectivity index (χ2v) is 6.42. The van der Waals surface area contributed by atoms with E-state index in [0.717, 1.165) is 6.07 Å². The molecule has 0 spiro atoms. The van der Waals surface area contributed by atoms with Crippen LogP contribution in [0.15, 0.2) is 29.2 Å². The van der Waals surface area contributed by atoms with Crippen LogP contribution in [0.2, 0.25) is 0 Å². The SMILES string of the molecule is CCOC(=O)C1(NS(=O)(=O)c2cccc(C(=O)O)c2)CC1. The summed E-state index contributed by atoms with van der Waals surface area (Å²) in [7, 11) is -3.99. The Morgan fingerprint density at radius 3 is 2.57 bits per heavy atom. The molecule has 2 N–H and O–H groups in total. The quantitative estimate of drug-likeness (QED) is 0.750. The molecule has 2 rings (SSSR count). The fourth-order valence-electron chi connectivity index (χ4n) is 1.85. The third-order valence-electron chi connectivity index (χ3n) is 3.14. The molecular weight excluding hydrogens is 298 g/mol. The molecule has 1 aromatic carbocycles. The molecule has 0 saturated heterocycles. The summed E-state index contributed by atoms with van der Waals surface area (Å²) < 4.78 is 31.7. The number of ether oxygens (including phenoxy) is 1. The lowest BCUT2D eigenvalue weighted by Gasteiger charge is -2.16. The normalized spacial score (nSPS) is 16.2. The minimum absolute atomic E-state index is 0.140. The largest absolute Gasteiger partial charge is 0.478 e. The lowest BCUT2D eigenvalue weighted by molar-refractivity contribution is -0.146. The molecule has 1 aromatic rings. The second-order valence-electron chi connectivity index (χ2n) is 4.74. The van der Waals surface area contributed by atoms with Crippen LogP contribution >= 0.6 is 0 Å². The van der Waals surface area contributed by atoms with Gasteiger partial charge in [0.2, 0.25) is 10.0 Å². The number of aromatic carboxylic acids is 1. The minimum atomic E-state index is -3.99. The van der Waals surface area contributed by atoms with Crippen LogP contribution in [-0.2, 0) is 19.6 Å². The van der Waals surface area contributed by atoms with E-state index >= 15 is 0 Å². The fourth-order valence-corrected chi connectivity index (χ4v) is 3.31. The van der Waals surface area contributed by atoms with E-state index < -0.39 is 27.5 Å². The van der Waals surface area contributed by atoms with E-state index in [1.54, 1.807) is 6.92 Å². The molecular formula is C13H15NO6S. The number of hydrogen-bond acceptors (Lipinski definition) is 5. The average molecular weight is 313 g/mol. The van der Waals surface area contributed by atoms with E-state index in [2.05, 4.69) is 4.72 Å². The van der Waals surface area contributed by atoms with Gasteiger partial charge in [0.05, 0.1) is 17.1 Å². The van der Waals surface area contributed by atoms with Gasteiger partial charge in [0.25, 0.3) is 0 Å². The van der Waals surface area contributed by atoms with E-state index in [0.29, 0.717) is 12.8 Å². The van der Waals surface area contributed by atoms with Crippen LogP contribution in [0.1, 0.15) is 30.1 Å². The Morgan fingerprint density at radius 1 is 1.38 bits per heavy atom. The molecule has 1 aliphatic carbocycles. The van der Waals surface area contributed by atoms with Crippen LogP contribution in [0.3, 0.4) is 0 Å². The van der Waals surface area contributed by atoms with Gasteiger partial charge in [-0.1, -0.05) is 6.07 Å². The van der Waals surface area contributed by atoms with Crippen molar-refractivity contribution in [3.05, 3.63) is 29.8 Å². The summed E-state index contributed by atoms with van der Waals surface area (Å²) in [5.74, 6) is -1.83. The van der Waals surface area contributed by atoms with Crippen molar-refractivity contribution in [2.45, 2.75) is 30.2 Å². The minimum Gasteiger partial charge on any atom is -0.478 e. The van der Waals surface area contributed by atoms with E-state index in [1.165, 1.54) is 18.2 Å². The Kier molecular flexibility index (Phi) is 4.02. The first kappa shape index (κ1) is 15.5. The van der Waals surface area contributed by atoms with Gasteiger partial charge in [0.1, 0.15) is 5.54 Å². The van der Waals surface area contributed by atoms with Crippen LogP contribution in [0.5, 0.6) is 0 Å².